The lowest BCUT2D eigenvalue weighted by atomic mass is 9.64. The molecule has 1 amide bonds. The van der Waals surface area contributed by atoms with Crippen LogP contribution in [0.2, 0.25) is 0 Å². The van der Waals surface area contributed by atoms with Gasteiger partial charge >= 0.3 is 0 Å². The molecule has 3 aliphatic heterocycles. The summed E-state index contributed by atoms with van der Waals surface area (Å²) in [6, 6.07) is 25.0. The third-order valence-corrected chi connectivity index (χ3v) is 8.83. The van der Waals surface area contributed by atoms with Gasteiger partial charge in [0.1, 0.15) is 17.2 Å². The van der Waals surface area contributed by atoms with Crippen molar-refractivity contribution in [2.24, 2.45) is 5.92 Å². The van der Waals surface area contributed by atoms with E-state index in [1.807, 2.05) is 59.5 Å². The van der Waals surface area contributed by atoms with Crippen molar-refractivity contribution in [3.05, 3.63) is 136 Å². The molecule has 0 unspecified atom stereocenters. The van der Waals surface area contributed by atoms with Gasteiger partial charge in [-0.25, -0.2) is 0 Å². The van der Waals surface area contributed by atoms with Crippen molar-refractivity contribution >= 4 is 40.6 Å². The van der Waals surface area contributed by atoms with Crippen LogP contribution in [0.3, 0.4) is 0 Å². The van der Waals surface area contributed by atoms with Crippen molar-refractivity contribution in [2.45, 2.75) is 17.5 Å². The number of benzene rings is 4. The Morgan fingerprint density at radius 3 is 2.26 bits per heavy atom. The number of nitrogens with zero attached hydrogens (tertiary/aromatic N) is 2. The summed E-state index contributed by atoms with van der Waals surface area (Å²) in [7, 11) is 1.53. The lowest BCUT2D eigenvalue weighted by Crippen LogP contribution is -2.51. The second kappa shape index (κ2) is 9.77. The highest BCUT2D eigenvalue weighted by atomic mass is 16.6. The Morgan fingerprint density at radius 1 is 0.884 bits per heavy atom. The summed E-state index contributed by atoms with van der Waals surface area (Å²) < 4.78 is 5.30. The summed E-state index contributed by atoms with van der Waals surface area (Å²) in [6.45, 7) is 0. The minimum atomic E-state index is -1.45. The van der Waals surface area contributed by atoms with Crippen molar-refractivity contribution in [1.29, 1.82) is 0 Å². The number of nitro benzene ring substituents is 1. The van der Waals surface area contributed by atoms with E-state index in [1.54, 1.807) is 30.3 Å². The molecule has 212 valence electrons. The Kier molecular flexibility index (Phi) is 5.98. The fraction of sp³-hybridized carbons (Fsp3) is 0.147. The van der Waals surface area contributed by atoms with Crippen LogP contribution >= 0.6 is 0 Å². The van der Waals surface area contributed by atoms with E-state index >= 15 is 0 Å². The number of methoxy groups -OCH3 is 1. The summed E-state index contributed by atoms with van der Waals surface area (Å²) >= 11 is 0. The molecule has 0 saturated carbocycles. The number of amides is 1. The average molecular weight is 572 g/mol. The first-order valence-corrected chi connectivity index (χ1v) is 13.8. The number of nitro groups is 1. The number of carbonyl (C=O) groups excluding carboxylic acids is 3. The van der Waals surface area contributed by atoms with Crippen LogP contribution in [0.1, 0.15) is 31.8 Å². The van der Waals surface area contributed by atoms with E-state index < -0.39 is 34.1 Å². The van der Waals surface area contributed by atoms with Gasteiger partial charge in [0.15, 0.2) is 11.6 Å². The molecule has 1 saturated heterocycles. The summed E-state index contributed by atoms with van der Waals surface area (Å²) in [6.07, 6.45) is 3.83. The number of Topliss-reactive ketones (excluding diaryl/α,β-unsaturated/α-hetero) is 2. The van der Waals surface area contributed by atoms with Gasteiger partial charge in [0, 0.05) is 34.6 Å². The molecule has 3 aliphatic rings. The number of hydrogen-bond acceptors (Lipinski definition) is 7. The number of ketones is 2. The van der Waals surface area contributed by atoms with Crippen molar-refractivity contribution < 1.29 is 24.0 Å². The van der Waals surface area contributed by atoms with Crippen molar-refractivity contribution in [2.75, 3.05) is 17.3 Å². The number of rotatable bonds is 6. The minimum absolute atomic E-state index is 0.154. The minimum Gasteiger partial charge on any atom is -0.497 e. The standard InChI is InChI=1S/C34H25N3O6/c1-43-24-17-12-21(13-18-24)31(38)29-30(32(39)22-10-15-23(16-11-22)37(41)42)36-27-9-5-2-6-20(27)14-19-28(36)34(29)25-7-3-4-8-26(25)35-33(34)40/h2-19,28-30H,1H3,(H,35,40)/t28-,29-,30-,34+/m1/s1. The van der Waals surface area contributed by atoms with Crippen LogP contribution in [0.4, 0.5) is 17.1 Å². The molecule has 9 nitrogen and oxygen atoms in total. The molecule has 3 heterocycles. The fourth-order valence-electron chi connectivity index (χ4n) is 6.97. The number of para-hydroxylation sites is 2. The quantitative estimate of drug-likeness (QED) is 0.185. The number of non-ortho nitro benzene ring substituents is 1. The highest BCUT2D eigenvalue weighted by Crippen LogP contribution is 2.58. The predicted molar refractivity (Wildman–Crippen MR) is 161 cm³/mol. The molecule has 1 spiro atoms. The molecule has 7 rings (SSSR count). The average Bonchev–Trinajstić information content (AvgIpc) is 3.52. The van der Waals surface area contributed by atoms with Crippen molar-refractivity contribution in [3.8, 4) is 5.75 Å². The van der Waals surface area contributed by atoms with Gasteiger partial charge in [-0.3, -0.25) is 24.5 Å². The third-order valence-electron chi connectivity index (χ3n) is 8.83. The number of fused-ring (bicyclic) bond motifs is 6. The monoisotopic (exact) mass is 571 g/mol. The Labute approximate surface area is 246 Å². The number of ether oxygens (including phenoxy) is 1. The van der Waals surface area contributed by atoms with Gasteiger partial charge in [-0.1, -0.05) is 48.6 Å². The lowest BCUT2D eigenvalue weighted by Gasteiger charge is -2.37. The first-order chi connectivity index (χ1) is 20.9. The molecular weight excluding hydrogens is 546 g/mol. The molecule has 43 heavy (non-hydrogen) atoms. The van der Waals surface area contributed by atoms with Crippen LogP contribution in [-0.2, 0) is 10.2 Å². The van der Waals surface area contributed by atoms with Crippen LogP contribution in [0, 0.1) is 16.0 Å². The summed E-state index contributed by atoms with van der Waals surface area (Å²) in [5.74, 6) is -1.72. The zero-order valence-corrected chi connectivity index (χ0v) is 23.0. The van der Waals surface area contributed by atoms with E-state index in [4.69, 9.17) is 4.74 Å². The van der Waals surface area contributed by atoms with Gasteiger partial charge in [-0.2, -0.15) is 0 Å². The normalized spacial score (nSPS) is 22.9. The van der Waals surface area contributed by atoms with Crippen molar-refractivity contribution in [1.82, 2.24) is 0 Å². The van der Waals surface area contributed by atoms with Gasteiger partial charge in [0.2, 0.25) is 5.91 Å². The van der Waals surface area contributed by atoms with E-state index in [9.17, 15) is 24.5 Å². The Bertz CT molecular complexity index is 1850. The number of anilines is 2. The van der Waals surface area contributed by atoms with Gasteiger partial charge < -0.3 is 15.0 Å². The van der Waals surface area contributed by atoms with E-state index in [-0.39, 0.29) is 22.9 Å². The molecule has 0 aromatic heterocycles. The molecule has 0 bridgehead atoms. The zero-order chi connectivity index (χ0) is 29.9. The van der Waals surface area contributed by atoms with E-state index in [0.29, 0.717) is 22.6 Å². The van der Waals surface area contributed by atoms with Crippen LogP contribution in [-0.4, -0.2) is 41.6 Å². The lowest BCUT2D eigenvalue weighted by molar-refractivity contribution is -0.384. The van der Waals surface area contributed by atoms with Crippen molar-refractivity contribution in [3.63, 3.8) is 0 Å². The number of nitrogens with one attached hydrogen (secondary N) is 1. The Hall–Kier alpha value is -5.57. The molecule has 1 fully saturated rings. The zero-order valence-electron chi connectivity index (χ0n) is 23.0. The second-order valence-corrected chi connectivity index (χ2v) is 10.8. The maximum Gasteiger partial charge on any atom is 0.269 e. The Balaban J connectivity index is 1.50. The fourth-order valence-corrected chi connectivity index (χ4v) is 6.97. The first kappa shape index (κ1) is 26.3. The van der Waals surface area contributed by atoms with Crippen LogP contribution in [0.15, 0.2) is 103 Å². The SMILES string of the molecule is COc1ccc(C(=O)[C@H]2[C@H](C(=O)c3ccc([N+](=O)[O-])cc3)N3c4ccccc4C=C[C@@H]3[C@]23C(=O)Nc2ccccc23)cc1. The van der Waals surface area contributed by atoms with E-state index in [1.165, 1.54) is 31.4 Å². The maximum atomic E-state index is 14.8. The van der Waals surface area contributed by atoms with Gasteiger partial charge in [0.25, 0.3) is 5.69 Å². The molecule has 0 radical (unpaired) electrons. The molecule has 4 atom stereocenters. The van der Waals surface area contributed by atoms with Crippen LogP contribution in [0.5, 0.6) is 5.75 Å². The van der Waals surface area contributed by atoms with Gasteiger partial charge in [-0.15, -0.1) is 0 Å². The number of carbonyl (C=O) groups is 3. The first-order valence-electron chi connectivity index (χ1n) is 13.8. The molecule has 9 heteroatoms. The van der Waals surface area contributed by atoms with Gasteiger partial charge in [0.05, 0.1) is 24.0 Å². The summed E-state index contributed by atoms with van der Waals surface area (Å²) in [4.78, 5) is 56.5. The molecular formula is C34H25N3O6. The Morgan fingerprint density at radius 2 is 1.53 bits per heavy atom. The van der Waals surface area contributed by atoms with Gasteiger partial charge in [-0.05, 0) is 59.7 Å². The molecule has 1 N–H and O–H groups in total. The summed E-state index contributed by atoms with van der Waals surface area (Å²) in [5.41, 5.74) is 1.74. The molecule has 4 aromatic rings. The highest BCUT2D eigenvalue weighted by Gasteiger charge is 2.70. The van der Waals surface area contributed by atoms with Crippen LogP contribution < -0.4 is 15.0 Å². The second-order valence-electron chi connectivity index (χ2n) is 10.8. The number of hydrogen-bond donors (Lipinski definition) is 1. The third kappa shape index (κ3) is 3.74. The van der Waals surface area contributed by atoms with E-state index in [2.05, 4.69) is 5.32 Å². The highest BCUT2D eigenvalue weighted by molar-refractivity contribution is 6.18. The summed E-state index contributed by atoms with van der Waals surface area (Å²) in [5, 5.41) is 14.3. The molecule has 0 aliphatic carbocycles. The largest absolute Gasteiger partial charge is 0.497 e. The maximum absolute atomic E-state index is 14.8. The van der Waals surface area contributed by atoms with E-state index in [0.717, 1.165) is 11.3 Å². The molecule has 4 aromatic carbocycles. The topological polar surface area (TPSA) is 119 Å². The van der Waals surface area contributed by atoms with Crippen LogP contribution in [0.25, 0.3) is 6.08 Å². The smallest absolute Gasteiger partial charge is 0.269 e. The predicted octanol–water partition coefficient (Wildman–Crippen LogP) is 5.46.